The number of amides is 1. The van der Waals surface area contributed by atoms with Crippen LogP contribution >= 0.6 is 0 Å². The van der Waals surface area contributed by atoms with Gasteiger partial charge in [0.15, 0.2) is 5.82 Å². The Labute approximate surface area is 122 Å². The summed E-state index contributed by atoms with van der Waals surface area (Å²) < 4.78 is 1.71. The minimum atomic E-state index is -0.720. The lowest BCUT2D eigenvalue weighted by Crippen LogP contribution is -2.47. The van der Waals surface area contributed by atoms with Crippen LogP contribution in [-0.2, 0) is 24.7 Å². The Morgan fingerprint density at radius 2 is 2.14 bits per heavy atom. The van der Waals surface area contributed by atoms with Gasteiger partial charge in [0.1, 0.15) is 0 Å². The number of anilines is 1. The molecule has 0 radical (unpaired) electrons. The number of hydrogen-bond donors (Lipinski definition) is 2. The molecule has 1 atom stereocenters. The number of aromatic nitrogens is 2. The van der Waals surface area contributed by atoms with Crippen LogP contribution in [0.5, 0.6) is 0 Å². The van der Waals surface area contributed by atoms with Gasteiger partial charge in [-0.1, -0.05) is 24.3 Å². The molecule has 2 aromatic rings. The van der Waals surface area contributed by atoms with Crippen molar-refractivity contribution >= 4 is 11.7 Å². The number of benzene rings is 1. The minimum Gasteiger partial charge on any atom is -0.320 e. The molecule has 110 valence electrons. The van der Waals surface area contributed by atoms with E-state index in [0.717, 1.165) is 11.3 Å². The first-order chi connectivity index (χ1) is 9.99. The number of fused-ring (bicyclic) bond motifs is 1. The summed E-state index contributed by atoms with van der Waals surface area (Å²) in [4.78, 5) is 11.7. The lowest BCUT2D eigenvalue weighted by atomic mass is 9.96. The molecule has 0 aliphatic carbocycles. The standard InChI is InChI=1S/C15H18N4O2/c1-9-5-3-4-6-10(9)7-13-11-8-12(16)15(20)19(21)14(11)17-18(13)2/h3-6,12,21H,7-8,16H2,1-2H3/t12-/m0/s1. The first-order valence-electron chi connectivity index (χ1n) is 6.86. The smallest absolute Gasteiger partial charge is 0.269 e. The Bertz CT molecular complexity index is 708. The second-order valence-corrected chi connectivity index (χ2v) is 5.44. The van der Waals surface area contributed by atoms with Crippen molar-refractivity contribution in [1.82, 2.24) is 9.78 Å². The van der Waals surface area contributed by atoms with Crippen molar-refractivity contribution in [3.05, 3.63) is 46.6 Å². The molecule has 6 nitrogen and oxygen atoms in total. The van der Waals surface area contributed by atoms with E-state index < -0.39 is 11.9 Å². The topological polar surface area (TPSA) is 84.4 Å². The molecule has 1 aliphatic rings. The summed E-state index contributed by atoms with van der Waals surface area (Å²) in [7, 11) is 1.82. The summed E-state index contributed by atoms with van der Waals surface area (Å²) in [6.45, 7) is 2.06. The molecule has 0 bridgehead atoms. The number of hydrogen-bond acceptors (Lipinski definition) is 4. The molecule has 6 heteroatoms. The van der Waals surface area contributed by atoms with Gasteiger partial charge in [-0.25, -0.2) is 0 Å². The summed E-state index contributed by atoms with van der Waals surface area (Å²) in [6.07, 6.45) is 1.10. The predicted molar refractivity (Wildman–Crippen MR) is 78.1 cm³/mol. The van der Waals surface area contributed by atoms with Gasteiger partial charge in [-0.2, -0.15) is 10.2 Å². The number of hydroxylamine groups is 1. The van der Waals surface area contributed by atoms with Crippen molar-refractivity contribution in [2.75, 3.05) is 5.06 Å². The van der Waals surface area contributed by atoms with E-state index in [1.54, 1.807) is 4.68 Å². The van der Waals surface area contributed by atoms with Gasteiger partial charge >= 0.3 is 0 Å². The molecule has 0 unspecified atom stereocenters. The van der Waals surface area contributed by atoms with Crippen molar-refractivity contribution in [3.8, 4) is 0 Å². The molecule has 1 aliphatic heterocycles. The van der Waals surface area contributed by atoms with Gasteiger partial charge in [0.2, 0.25) is 0 Å². The van der Waals surface area contributed by atoms with E-state index >= 15 is 0 Å². The van der Waals surface area contributed by atoms with Crippen LogP contribution < -0.4 is 10.8 Å². The van der Waals surface area contributed by atoms with Gasteiger partial charge in [-0.3, -0.25) is 14.7 Å². The summed E-state index contributed by atoms with van der Waals surface area (Å²) in [5.74, 6) is -0.212. The second kappa shape index (κ2) is 4.98. The molecule has 0 saturated heterocycles. The highest BCUT2D eigenvalue weighted by molar-refractivity contribution is 5.97. The summed E-state index contributed by atoms with van der Waals surface area (Å²) in [5, 5.41) is 14.7. The van der Waals surface area contributed by atoms with Crippen LogP contribution in [0, 0.1) is 6.92 Å². The van der Waals surface area contributed by atoms with Crippen LogP contribution in [0.4, 0.5) is 5.82 Å². The van der Waals surface area contributed by atoms with E-state index in [0.29, 0.717) is 23.7 Å². The molecule has 3 N–H and O–H groups in total. The van der Waals surface area contributed by atoms with Gasteiger partial charge in [0.05, 0.1) is 6.04 Å². The molecule has 1 aromatic carbocycles. The zero-order chi connectivity index (χ0) is 15.1. The minimum absolute atomic E-state index is 0.299. The van der Waals surface area contributed by atoms with Crippen LogP contribution in [0.3, 0.4) is 0 Å². The van der Waals surface area contributed by atoms with Crippen molar-refractivity contribution in [2.24, 2.45) is 12.8 Å². The number of nitrogens with zero attached hydrogens (tertiary/aromatic N) is 3. The van der Waals surface area contributed by atoms with Crippen molar-refractivity contribution in [2.45, 2.75) is 25.8 Å². The van der Waals surface area contributed by atoms with Gasteiger partial charge in [0.25, 0.3) is 5.91 Å². The zero-order valence-electron chi connectivity index (χ0n) is 12.1. The average Bonchev–Trinajstić information content (AvgIpc) is 2.76. The Balaban J connectivity index is 2.04. The van der Waals surface area contributed by atoms with Gasteiger partial charge < -0.3 is 5.73 Å². The Morgan fingerprint density at radius 3 is 2.86 bits per heavy atom. The van der Waals surface area contributed by atoms with Crippen LogP contribution in [0.2, 0.25) is 0 Å². The molecule has 3 rings (SSSR count). The van der Waals surface area contributed by atoms with Crippen molar-refractivity contribution in [3.63, 3.8) is 0 Å². The van der Waals surface area contributed by atoms with Crippen LogP contribution in [0.15, 0.2) is 24.3 Å². The fourth-order valence-corrected chi connectivity index (χ4v) is 2.75. The maximum absolute atomic E-state index is 11.7. The number of carbonyl (C=O) groups excluding carboxylic acids is 1. The van der Waals surface area contributed by atoms with E-state index in [2.05, 4.69) is 24.2 Å². The lowest BCUT2D eigenvalue weighted by Gasteiger charge is -2.24. The maximum Gasteiger partial charge on any atom is 0.269 e. The fraction of sp³-hybridized carbons (Fsp3) is 0.333. The normalized spacial score (nSPS) is 18.0. The average molecular weight is 286 g/mol. The van der Waals surface area contributed by atoms with E-state index in [9.17, 15) is 10.0 Å². The molecule has 0 saturated carbocycles. The summed E-state index contributed by atoms with van der Waals surface area (Å²) >= 11 is 0. The Hall–Kier alpha value is -2.18. The van der Waals surface area contributed by atoms with Crippen molar-refractivity contribution in [1.29, 1.82) is 0 Å². The summed E-state index contributed by atoms with van der Waals surface area (Å²) in [6, 6.07) is 7.41. The molecule has 1 amide bonds. The van der Waals surface area contributed by atoms with Gasteiger partial charge in [-0.05, 0) is 18.1 Å². The van der Waals surface area contributed by atoms with E-state index in [-0.39, 0.29) is 0 Å². The zero-order valence-corrected chi connectivity index (χ0v) is 12.1. The number of nitrogens with two attached hydrogens (primary N) is 1. The molecule has 2 heterocycles. The largest absolute Gasteiger partial charge is 0.320 e. The Kier molecular flexibility index (Phi) is 3.27. The molecule has 0 fully saturated rings. The maximum atomic E-state index is 11.7. The third-order valence-corrected chi connectivity index (χ3v) is 4.02. The van der Waals surface area contributed by atoms with Crippen molar-refractivity contribution < 1.29 is 10.0 Å². The monoisotopic (exact) mass is 286 g/mol. The quantitative estimate of drug-likeness (QED) is 0.804. The number of aryl methyl sites for hydroxylation is 2. The summed E-state index contributed by atoms with van der Waals surface area (Å²) in [5.41, 5.74) is 10.0. The van der Waals surface area contributed by atoms with Gasteiger partial charge in [-0.15, -0.1) is 0 Å². The third-order valence-electron chi connectivity index (χ3n) is 4.02. The number of carbonyl (C=O) groups is 1. The van der Waals surface area contributed by atoms with E-state index in [1.807, 2.05) is 19.2 Å². The second-order valence-electron chi connectivity index (χ2n) is 5.44. The molecular formula is C15H18N4O2. The number of rotatable bonds is 2. The van der Waals surface area contributed by atoms with Gasteiger partial charge in [0, 0.05) is 31.1 Å². The molecule has 21 heavy (non-hydrogen) atoms. The predicted octanol–water partition coefficient (Wildman–Crippen LogP) is 0.925. The lowest BCUT2D eigenvalue weighted by molar-refractivity contribution is -0.125. The third kappa shape index (κ3) is 2.22. The van der Waals surface area contributed by atoms with E-state index in [1.165, 1.54) is 11.1 Å². The highest BCUT2D eigenvalue weighted by Crippen LogP contribution is 2.29. The molecular weight excluding hydrogens is 268 g/mol. The SMILES string of the molecule is Cc1ccccc1Cc1c2c(nn1C)N(O)C(=O)[C@@H](N)C2. The highest BCUT2D eigenvalue weighted by Gasteiger charge is 2.34. The molecule has 0 spiro atoms. The van der Waals surface area contributed by atoms with Crippen LogP contribution in [0.25, 0.3) is 0 Å². The fourth-order valence-electron chi connectivity index (χ4n) is 2.75. The highest BCUT2D eigenvalue weighted by atomic mass is 16.5. The first-order valence-corrected chi connectivity index (χ1v) is 6.86. The Morgan fingerprint density at radius 1 is 1.43 bits per heavy atom. The molecule has 1 aromatic heterocycles. The van der Waals surface area contributed by atoms with E-state index in [4.69, 9.17) is 5.73 Å². The van der Waals surface area contributed by atoms with Crippen LogP contribution in [-0.4, -0.2) is 26.9 Å². The van der Waals surface area contributed by atoms with Crippen LogP contribution in [0.1, 0.15) is 22.4 Å². The first kappa shape index (κ1) is 13.8.